The predicted molar refractivity (Wildman–Crippen MR) is 93.9 cm³/mol. The molecule has 0 bridgehead atoms. The van der Waals surface area contributed by atoms with Gasteiger partial charge in [0, 0.05) is 25.3 Å². The van der Waals surface area contributed by atoms with E-state index in [4.69, 9.17) is 0 Å². The maximum Gasteiger partial charge on any atom is 0.255 e. The van der Waals surface area contributed by atoms with E-state index in [9.17, 15) is 4.79 Å². The lowest BCUT2D eigenvalue weighted by atomic mass is 10.1. The van der Waals surface area contributed by atoms with Crippen LogP contribution in [0.5, 0.6) is 0 Å². The Balaban J connectivity index is 1.71. The maximum atomic E-state index is 12.8. The van der Waals surface area contributed by atoms with Crippen LogP contribution in [0.25, 0.3) is 0 Å². The molecule has 4 heteroatoms. The van der Waals surface area contributed by atoms with Crippen molar-refractivity contribution in [2.75, 3.05) is 18.0 Å². The van der Waals surface area contributed by atoms with Crippen LogP contribution in [0.4, 0.5) is 5.82 Å². The molecule has 2 fully saturated rings. The number of hydrogen-bond donors (Lipinski definition) is 1. The summed E-state index contributed by atoms with van der Waals surface area (Å²) in [6, 6.07) is 4.14. The molecule has 1 N–H and O–H groups in total. The molecule has 1 aromatic heterocycles. The van der Waals surface area contributed by atoms with Crippen LogP contribution in [0.1, 0.15) is 74.6 Å². The van der Waals surface area contributed by atoms with Crippen LogP contribution in [0.2, 0.25) is 0 Å². The van der Waals surface area contributed by atoms with Crippen molar-refractivity contribution >= 4 is 11.7 Å². The van der Waals surface area contributed by atoms with Gasteiger partial charge in [-0.05, 0) is 37.8 Å². The van der Waals surface area contributed by atoms with Gasteiger partial charge in [-0.25, -0.2) is 4.98 Å². The molecular weight excluding hydrogens is 286 g/mol. The fraction of sp³-hybridized carbons (Fsp3) is 0.684. The van der Waals surface area contributed by atoms with Crippen LogP contribution in [0.15, 0.2) is 18.3 Å². The first-order valence-corrected chi connectivity index (χ1v) is 9.35. The molecule has 0 radical (unpaired) electrons. The lowest BCUT2D eigenvalue weighted by Gasteiger charge is -2.24. The number of rotatable bonds is 3. The highest BCUT2D eigenvalue weighted by atomic mass is 16.1. The first kappa shape index (κ1) is 16.3. The molecule has 1 aliphatic heterocycles. The van der Waals surface area contributed by atoms with Gasteiger partial charge < -0.3 is 10.2 Å². The number of hydrogen-bond acceptors (Lipinski definition) is 3. The number of nitrogens with one attached hydrogen (secondary N) is 1. The number of nitrogens with zero attached hydrogens (tertiary/aromatic N) is 2. The molecule has 3 rings (SSSR count). The second-order valence-electron chi connectivity index (χ2n) is 6.94. The number of aromatic nitrogens is 1. The minimum Gasteiger partial charge on any atom is -0.356 e. The lowest BCUT2D eigenvalue weighted by molar-refractivity contribution is 0.0933. The summed E-state index contributed by atoms with van der Waals surface area (Å²) in [5.74, 6) is 0.935. The summed E-state index contributed by atoms with van der Waals surface area (Å²) in [5.41, 5.74) is 0.749. The summed E-state index contributed by atoms with van der Waals surface area (Å²) >= 11 is 0. The highest BCUT2D eigenvalue weighted by Gasteiger charge is 2.21. The lowest BCUT2D eigenvalue weighted by Crippen LogP contribution is -2.36. The summed E-state index contributed by atoms with van der Waals surface area (Å²) in [5, 5.41) is 3.26. The second kappa shape index (κ2) is 8.32. The van der Waals surface area contributed by atoms with Crippen molar-refractivity contribution in [1.29, 1.82) is 0 Å². The molecule has 0 atom stereocenters. The zero-order valence-electron chi connectivity index (χ0n) is 14.1. The molecule has 1 saturated heterocycles. The Labute approximate surface area is 139 Å². The van der Waals surface area contributed by atoms with E-state index in [1.54, 1.807) is 0 Å². The van der Waals surface area contributed by atoms with Crippen molar-refractivity contribution in [3.63, 3.8) is 0 Å². The van der Waals surface area contributed by atoms with Gasteiger partial charge in [-0.3, -0.25) is 4.79 Å². The Morgan fingerprint density at radius 3 is 2.35 bits per heavy atom. The average molecular weight is 315 g/mol. The molecule has 2 aliphatic rings. The zero-order chi connectivity index (χ0) is 15.9. The minimum absolute atomic E-state index is 0.0595. The van der Waals surface area contributed by atoms with E-state index in [2.05, 4.69) is 15.2 Å². The van der Waals surface area contributed by atoms with Crippen molar-refractivity contribution in [3.8, 4) is 0 Å². The van der Waals surface area contributed by atoms with Gasteiger partial charge in [0.2, 0.25) is 0 Å². The summed E-state index contributed by atoms with van der Waals surface area (Å²) in [7, 11) is 0. The van der Waals surface area contributed by atoms with Crippen LogP contribution in [-0.2, 0) is 0 Å². The smallest absolute Gasteiger partial charge is 0.255 e. The zero-order valence-corrected chi connectivity index (χ0v) is 14.1. The van der Waals surface area contributed by atoms with Crippen molar-refractivity contribution in [2.24, 2.45) is 0 Å². The predicted octanol–water partition coefficient (Wildman–Crippen LogP) is 3.91. The number of carbonyl (C=O) groups excluding carboxylic acids is 1. The van der Waals surface area contributed by atoms with Gasteiger partial charge >= 0.3 is 0 Å². The van der Waals surface area contributed by atoms with Gasteiger partial charge in [0.05, 0.1) is 5.56 Å². The Hall–Kier alpha value is -1.58. The van der Waals surface area contributed by atoms with Gasteiger partial charge in [0.25, 0.3) is 5.91 Å². The topological polar surface area (TPSA) is 45.2 Å². The van der Waals surface area contributed by atoms with Gasteiger partial charge in [0.15, 0.2) is 0 Å². The Morgan fingerprint density at radius 1 is 1.00 bits per heavy atom. The molecule has 0 spiro atoms. The molecule has 126 valence electrons. The number of amides is 1. The quantitative estimate of drug-likeness (QED) is 0.860. The highest BCUT2D eigenvalue weighted by molar-refractivity contribution is 5.99. The number of carbonyl (C=O) groups is 1. The molecule has 2 heterocycles. The van der Waals surface area contributed by atoms with E-state index >= 15 is 0 Å². The van der Waals surface area contributed by atoms with Crippen LogP contribution in [-0.4, -0.2) is 30.0 Å². The molecule has 0 aromatic carbocycles. The molecule has 4 nitrogen and oxygen atoms in total. The van der Waals surface area contributed by atoms with Crippen molar-refractivity contribution < 1.29 is 4.79 Å². The molecule has 1 saturated carbocycles. The monoisotopic (exact) mass is 315 g/mol. The highest BCUT2D eigenvalue weighted by Crippen LogP contribution is 2.23. The molecule has 0 unspecified atom stereocenters. The maximum absolute atomic E-state index is 12.8. The van der Waals surface area contributed by atoms with Crippen molar-refractivity contribution in [3.05, 3.63) is 23.9 Å². The molecular formula is C19H29N3O. The van der Waals surface area contributed by atoms with E-state index in [0.717, 1.165) is 37.3 Å². The normalized spacial score (nSPS) is 20.6. The third-order valence-electron chi connectivity index (χ3n) is 5.13. The number of anilines is 1. The Morgan fingerprint density at radius 2 is 1.65 bits per heavy atom. The largest absolute Gasteiger partial charge is 0.356 e. The summed E-state index contributed by atoms with van der Waals surface area (Å²) in [4.78, 5) is 19.6. The standard InChI is InChI=1S/C19H29N3O/c23-19(21-16-10-5-1-2-6-11-16)17-12-9-13-20-18(17)22-14-7-3-4-8-15-22/h9,12-13,16H,1-8,10-11,14-15H2,(H,21,23). The molecule has 1 aliphatic carbocycles. The number of pyridine rings is 1. The first-order chi connectivity index (χ1) is 11.3. The van der Waals surface area contributed by atoms with Gasteiger partial charge in [-0.15, -0.1) is 0 Å². The average Bonchev–Trinajstić information content (AvgIpc) is 2.99. The van der Waals surface area contributed by atoms with Gasteiger partial charge in [-0.2, -0.15) is 0 Å². The Kier molecular flexibility index (Phi) is 5.89. The van der Waals surface area contributed by atoms with Crippen molar-refractivity contribution in [1.82, 2.24) is 10.3 Å². The van der Waals surface area contributed by atoms with Crippen LogP contribution >= 0.6 is 0 Å². The molecule has 1 aromatic rings. The summed E-state index contributed by atoms with van der Waals surface area (Å²) in [6.45, 7) is 2.03. The van der Waals surface area contributed by atoms with E-state index in [1.807, 2.05) is 18.3 Å². The fourth-order valence-corrected chi connectivity index (χ4v) is 3.80. The third kappa shape index (κ3) is 4.46. The summed E-state index contributed by atoms with van der Waals surface area (Å²) < 4.78 is 0. The molecule has 23 heavy (non-hydrogen) atoms. The first-order valence-electron chi connectivity index (χ1n) is 9.35. The van der Waals surface area contributed by atoms with Gasteiger partial charge in [0.1, 0.15) is 5.82 Å². The molecule has 1 amide bonds. The van der Waals surface area contributed by atoms with Crippen LogP contribution < -0.4 is 10.2 Å². The van der Waals surface area contributed by atoms with E-state index < -0.39 is 0 Å². The third-order valence-corrected chi connectivity index (χ3v) is 5.13. The van der Waals surface area contributed by atoms with E-state index in [1.165, 1.54) is 51.4 Å². The van der Waals surface area contributed by atoms with Crippen molar-refractivity contribution in [2.45, 2.75) is 70.3 Å². The van der Waals surface area contributed by atoms with E-state index in [0.29, 0.717) is 6.04 Å². The minimum atomic E-state index is 0.0595. The van der Waals surface area contributed by atoms with Crippen LogP contribution in [0.3, 0.4) is 0 Å². The SMILES string of the molecule is O=C(NC1CCCCCC1)c1cccnc1N1CCCCCC1. The fourth-order valence-electron chi connectivity index (χ4n) is 3.80. The summed E-state index contributed by atoms with van der Waals surface area (Å²) in [6.07, 6.45) is 14.1. The van der Waals surface area contributed by atoms with Crippen LogP contribution in [0, 0.1) is 0 Å². The second-order valence-corrected chi connectivity index (χ2v) is 6.94. The Bertz CT molecular complexity index is 501. The van der Waals surface area contributed by atoms with Gasteiger partial charge in [-0.1, -0.05) is 38.5 Å². The van der Waals surface area contributed by atoms with E-state index in [-0.39, 0.29) is 5.91 Å².